The highest BCUT2D eigenvalue weighted by atomic mass is 16.6. The molecule has 1 heterocycles. The van der Waals surface area contributed by atoms with E-state index in [0.29, 0.717) is 44.0 Å². The summed E-state index contributed by atoms with van der Waals surface area (Å²) in [6.07, 6.45) is -0.726. The molecule has 0 saturated carbocycles. The normalized spacial score (nSPS) is 15.8. The van der Waals surface area contributed by atoms with E-state index in [0.717, 1.165) is 0 Å². The number of nitro benzene ring substituents is 1. The number of nitrogens with zero attached hydrogens (tertiary/aromatic N) is 3. The third-order valence-corrected chi connectivity index (χ3v) is 4.62. The Morgan fingerprint density at radius 1 is 1.11 bits per heavy atom. The molecular weight excluding hydrogens is 362 g/mol. The predicted octanol–water partition coefficient (Wildman–Crippen LogP) is 1.79. The van der Waals surface area contributed by atoms with E-state index in [1.807, 2.05) is 35.2 Å². The minimum atomic E-state index is -0.726. The van der Waals surface area contributed by atoms with Crippen LogP contribution in [0.3, 0.4) is 0 Å². The zero-order chi connectivity index (χ0) is 19.9. The number of β-amino-alcohol motifs (C(OH)–C–C–N with tert-alkyl or cyclic N) is 1. The Balaban J connectivity index is 1.42. The highest BCUT2D eigenvalue weighted by Gasteiger charge is 2.23. The number of amides is 1. The topological polar surface area (TPSA) is 96.2 Å². The summed E-state index contributed by atoms with van der Waals surface area (Å²) in [4.78, 5) is 26.6. The molecule has 1 aliphatic rings. The van der Waals surface area contributed by atoms with Crippen molar-refractivity contribution in [2.24, 2.45) is 0 Å². The van der Waals surface area contributed by atoms with E-state index >= 15 is 0 Å². The number of non-ortho nitro benzene ring substituents is 1. The number of aliphatic hydroxyl groups excluding tert-OH is 1. The van der Waals surface area contributed by atoms with Gasteiger partial charge in [-0.25, -0.2) is 0 Å². The molecule has 8 nitrogen and oxygen atoms in total. The Kier molecular flexibility index (Phi) is 6.57. The summed E-state index contributed by atoms with van der Waals surface area (Å²) in [5.41, 5.74) is 0.632. The zero-order valence-corrected chi connectivity index (χ0v) is 15.4. The maximum Gasteiger partial charge on any atom is 0.273 e. The van der Waals surface area contributed by atoms with Gasteiger partial charge >= 0.3 is 0 Å². The largest absolute Gasteiger partial charge is 0.491 e. The smallest absolute Gasteiger partial charge is 0.273 e. The van der Waals surface area contributed by atoms with Crippen molar-refractivity contribution in [2.45, 2.75) is 6.10 Å². The molecule has 1 N–H and O–H groups in total. The van der Waals surface area contributed by atoms with Gasteiger partial charge in [-0.2, -0.15) is 0 Å². The van der Waals surface area contributed by atoms with Crippen molar-refractivity contribution in [1.82, 2.24) is 9.80 Å². The molecule has 0 spiro atoms. The van der Waals surface area contributed by atoms with Gasteiger partial charge in [0, 0.05) is 44.4 Å². The van der Waals surface area contributed by atoms with E-state index in [4.69, 9.17) is 4.74 Å². The second-order valence-corrected chi connectivity index (χ2v) is 6.68. The van der Waals surface area contributed by atoms with Crippen molar-refractivity contribution in [2.75, 3.05) is 39.3 Å². The Morgan fingerprint density at radius 2 is 1.82 bits per heavy atom. The second-order valence-electron chi connectivity index (χ2n) is 6.68. The summed E-state index contributed by atoms with van der Waals surface area (Å²) in [6, 6.07) is 15.1. The van der Waals surface area contributed by atoms with Gasteiger partial charge in [0.2, 0.25) is 0 Å². The summed E-state index contributed by atoms with van der Waals surface area (Å²) in [5, 5.41) is 21.0. The molecular formula is C20H23N3O5. The first-order valence-electron chi connectivity index (χ1n) is 9.15. The maximum absolute atomic E-state index is 12.5. The SMILES string of the molecule is O=C(c1ccccc1)N1CCN(CC(O)COc2cccc([N+](=O)[O-])c2)CC1. The molecule has 1 aliphatic heterocycles. The van der Waals surface area contributed by atoms with Gasteiger partial charge in [-0.15, -0.1) is 0 Å². The number of rotatable bonds is 7. The average Bonchev–Trinajstić information content (AvgIpc) is 2.73. The average molecular weight is 385 g/mol. The van der Waals surface area contributed by atoms with Crippen LogP contribution < -0.4 is 4.74 Å². The van der Waals surface area contributed by atoms with Crippen LogP contribution in [0.5, 0.6) is 5.75 Å². The quantitative estimate of drug-likeness (QED) is 0.577. The molecule has 0 aromatic heterocycles. The number of carbonyl (C=O) groups excluding carboxylic acids is 1. The van der Waals surface area contributed by atoms with Crippen LogP contribution in [-0.4, -0.2) is 71.2 Å². The van der Waals surface area contributed by atoms with E-state index in [1.165, 1.54) is 12.1 Å². The Morgan fingerprint density at radius 3 is 2.50 bits per heavy atom. The fourth-order valence-electron chi connectivity index (χ4n) is 3.13. The highest BCUT2D eigenvalue weighted by molar-refractivity contribution is 5.94. The van der Waals surface area contributed by atoms with Crippen molar-refractivity contribution >= 4 is 11.6 Å². The monoisotopic (exact) mass is 385 g/mol. The van der Waals surface area contributed by atoms with Gasteiger partial charge in [-0.3, -0.25) is 19.8 Å². The first-order chi connectivity index (χ1) is 13.5. The molecule has 0 bridgehead atoms. The third kappa shape index (κ3) is 5.28. The van der Waals surface area contributed by atoms with Crippen molar-refractivity contribution < 1.29 is 19.6 Å². The molecule has 1 fully saturated rings. The van der Waals surface area contributed by atoms with Crippen LogP contribution in [-0.2, 0) is 0 Å². The minimum Gasteiger partial charge on any atom is -0.491 e. The lowest BCUT2D eigenvalue weighted by molar-refractivity contribution is -0.384. The molecule has 0 radical (unpaired) electrons. The Hall–Kier alpha value is -2.97. The fraction of sp³-hybridized carbons (Fsp3) is 0.350. The van der Waals surface area contributed by atoms with E-state index in [9.17, 15) is 20.0 Å². The molecule has 8 heteroatoms. The number of benzene rings is 2. The number of piperazine rings is 1. The van der Waals surface area contributed by atoms with Crippen molar-refractivity contribution in [3.05, 3.63) is 70.3 Å². The molecule has 1 amide bonds. The van der Waals surface area contributed by atoms with Crippen LogP contribution in [0.2, 0.25) is 0 Å². The maximum atomic E-state index is 12.5. The van der Waals surface area contributed by atoms with Crippen LogP contribution in [0.4, 0.5) is 5.69 Å². The van der Waals surface area contributed by atoms with E-state index in [2.05, 4.69) is 4.90 Å². The number of carbonyl (C=O) groups is 1. The number of hydrogen-bond acceptors (Lipinski definition) is 6. The number of ether oxygens (including phenoxy) is 1. The molecule has 1 unspecified atom stereocenters. The molecule has 3 rings (SSSR count). The van der Waals surface area contributed by atoms with Gasteiger partial charge in [-0.1, -0.05) is 24.3 Å². The van der Waals surface area contributed by atoms with Crippen LogP contribution in [0.1, 0.15) is 10.4 Å². The molecule has 2 aromatic carbocycles. The molecule has 0 aliphatic carbocycles. The number of hydrogen-bond donors (Lipinski definition) is 1. The number of nitro groups is 1. The fourth-order valence-corrected chi connectivity index (χ4v) is 3.13. The summed E-state index contributed by atoms with van der Waals surface area (Å²) in [6.45, 7) is 3.02. The molecule has 2 aromatic rings. The van der Waals surface area contributed by atoms with Gasteiger partial charge in [0.1, 0.15) is 18.5 Å². The van der Waals surface area contributed by atoms with Crippen LogP contribution in [0.15, 0.2) is 54.6 Å². The zero-order valence-electron chi connectivity index (χ0n) is 15.4. The number of aliphatic hydroxyl groups is 1. The van der Waals surface area contributed by atoms with Crippen LogP contribution in [0.25, 0.3) is 0 Å². The predicted molar refractivity (Wildman–Crippen MR) is 103 cm³/mol. The first-order valence-corrected chi connectivity index (χ1v) is 9.15. The highest BCUT2D eigenvalue weighted by Crippen LogP contribution is 2.19. The van der Waals surface area contributed by atoms with Gasteiger partial charge in [0.15, 0.2) is 0 Å². The van der Waals surface area contributed by atoms with Crippen molar-refractivity contribution in [1.29, 1.82) is 0 Å². The Labute approximate surface area is 163 Å². The Bertz CT molecular complexity index is 806. The third-order valence-electron chi connectivity index (χ3n) is 4.62. The second kappa shape index (κ2) is 9.29. The lowest BCUT2D eigenvalue weighted by atomic mass is 10.2. The molecule has 1 saturated heterocycles. The summed E-state index contributed by atoms with van der Waals surface area (Å²) < 4.78 is 5.47. The summed E-state index contributed by atoms with van der Waals surface area (Å²) >= 11 is 0. The van der Waals surface area contributed by atoms with Gasteiger partial charge in [-0.05, 0) is 18.2 Å². The summed E-state index contributed by atoms with van der Waals surface area (Å²) in [5.74, 6) is 0.376. The lowest BCUT2D eigenvalue weighted by Crippen LogP contribution is -2.50. The van der Waals surface area contributed by atoms with Crippen molar-refractivity contribution in [3.63, 3.8) is 0 Å². The standard InChI is InChI=1S/C20H23N3O5/c24-18(15-28-19-8-4-7-17(13-19)23(26)27)14-21-9-11-22(12-10-21)20(25)16-5-2-1-3-6-16/h1-8,13,18,24H,9-12,14-15H2. The van der Waals surface area contributed by atoms with Crippen molar-refractivity contribution in [3.8, 4) is 5.75 Å². The summed E-state index contributed by atoms with van der Waals surface area (Å²) in [7, 11) is 0. The molecule has 1 atom stereocenters. The van der Waals surface area contributed by atoms with Gasteiger partial charge in [0.05, 0.1) is 11.0 Å². The lowest BCUT2D eigenvalue weighted by Gasteiger charge is -2.35. The van der Waals surface area contributed by atoms with Gasteiger partial charge < -0.3 is 14.7 Å². The molecule has 28 heavy (non-hydrogen) atoms. The van der Waals surface area contributed by atoms with E-state index in [1.54, 1.807) is 12.1 Å². The van der Waals surface area contributed by atoms with E-state index in [-0.39, 0.29) is 18.2 Å². The van der Waals surface area contributed by atoms with E-state index < -0.39 is 11.0 Å². The molecule has 148 valence electrons. The van der Waals surface area contributed by atoms with Crippen LogP contribution >= 0.6 is 0 Å². The first kappa shape index (κ1) is 19.8. The van der Waals surface area contributed by atoms with Crippen LogP contribution in [0, 0.1) is 10.1 Å². The minimum absolute atomic E-state index is 0.0230. The van der Waals surface area contributed by atoms with Gasteiger partial charge in [0.25, 0.3) is 11.6 Å².